The molecule has 0 spiro atoms. The Morgan fingerprint density at radius 3 is 2.37 bits per heavy atom. The lowest BCUT2D eigenvalue weighted by molar-refractivity contribution is 0.628. The molecule has 3 heteroatoms. The average molecular weight is 353 g/mol. The molecule has 3 aromatic carbocycles. The number of para-hydroxylation sites is 1. The van der Waals surface area contributed by atoms with E-state index in [1.165, 1.54) is 12.1 Å². The molecule has 5 rings (SSSR count). The Hall–Kier alpha value is -3.46. The van der Waals surface area contributed by atoms with Crippen molar-refractivity contribution in [1.82, 2.24) is 4.98 Å². The molecule has 0 fully saturated rings. The predicted octanol–water partition coefficient (Wildman–Crippen LogP) is 6.76. The summed E-state index contributed by atoms with van der Waals surface area (Å²) in [6.07, 6.45) is 0. The second-order valence-electron chi connectivity index (χ2n) is 6.68. The minimum atomic E-state index is -0.232. The molecule has 0 radical (unpaired) electrons. The van der Waals surface area contributed by atoms with Crippen LogP contribution in [0.4, 0.5) is 4.39 Å². The first-order valence-corrected chi connectivity index (χ1v) is 8.84. The number of aromatic nitrogens is 1. The minimum absolute atomic E-state index is 0.232. The fourth-order valence-electron chi connectivity index (χ4n) is 3.51. The molecule has 5 aromatic rings. The fourth-order valence-corrected chi connectivity index (χ4v) is 3.51. The quantitative estimate of drug-likeness (QED) is 0.350. The van der Waals surface area contributed by atoms with Crippen molar-refractivity contribution < 1.29 is 8.81 Å². The number of fused-ring (bicyclic) bond motifs is 3. The molecule has 0 saturated carbocycles. The maximum absolute atomic E-state index is 13.2. The minimum Gasteiger partial charge on any atom is -0.437 e. The molecule has 0 N–H and O–H groups in total. The summed E-state index contributed by atoms with van der Waals surface area (Å²) in [6, 6.07) is 25.0. The van der Waals surface area contributed by atoms with E-state index >= 15 is 0 Å². The molecule has 2 aromatic heterocycles. The van der Waals surface area contributed by atoms with Crippen LogP contribution in [0.2, 0.25) is 0 Å². The van der Waals surface area contributed by atoms with Gasteiger partial charge in [0.1, 0.15) is 11.4 Å². The van der Waals surface area contributed by atoms with Crippen molar-refractivity contribution in [3.63, 3.8) is 0 Å². The van der Waals surface area contributed by atoms with Crippen molar-refractivity contribution in [1.29, 1.82) is 0 Å². The molecule has 0 unspecified atom stereocenters. The van der Waals surface area contributed by atoms with Crippen molar-refractivity contribution >= 4 is 22.1 Å². The van der Waals surface area contributed by atoms with Gasteiger partial charge in [-0.25, -0.2) is 9.37 Å². The summed E-state index contributed by atoms with van der Waals surface area (Å²) in [4.78, 5) is 4.52. The third-order valence-electron chi connectivity index (χ3n) is 4.85. The van der Waals surface area contributed by atoms with E-state index in [0.717, 1.165) is 44.3 Å². The van der Waals surface area contributed by atoms with E-state index in [0.29, 0.717) is 5.71 Å². The van der Waals surface area contributed by atoms with Gasteiger partial charge in [0.2, 0.25) is 5.71 Å². The van der Waals surface area contributed by atoms with Gasteiger partial charge in [0, 0.05) is 22.0 Å². The molecule has 0 amide bonds. The van der Waals surface area contributed by atoms with Gasteiger partial charge in [-0.1, -0.05) is 48.5 Å². The van der Waals surface area contributed by atoms with Crippen LogP contribution in [-0.2, 0) is 0 Å². The second-order valence-corrected chi connectivity index (χ2v) is 6.68. The molecular weight excluding hydrogens is 337 g/mol. The van der Waals surface area contributed by atoms with E-state index < -0.39 is 0 Å². The van der Waals surface area contributed by atoms with Gasteiger partial charge < -0.3 is 4.42 Å². The zero-order valence-electron chi connectivity index (χ0n) is 14.7. The lowest BCUT2D eigenvalue weighted by Crippen LogP contribution is -1.83. The summed E-state index contributed by atoms with van der Waals surface area (Å²) in [7, 11) is 0. The summed E-state index contributed by atoms with van der Waals surface area (Å²) < 4.78 is 19.4. The SMILES string of the molecule is Cc1ccc2c(n1)oc1c(-c3cccc(-c4ccc(F)cc4)c3)cccc12. The van der Waals surface area contributed by atoms with Crippen LogP contribution < -0.4 is 0 Å². The molecule has 130 valence electrons. The van der Waals surface area contributed by atoms with E-state index in [2.05, 4.69) is 35.3 Å². The number of benzene rings is 3. The highest BCUT2D eigenvalue weighted by molar-refractivity contribution is 6.08. The maximum Gasteiger partial charge on any atom is 0.227 e. The molecule has 0 aliphatic carbocycles. The molecule has 0 aliphatic heterocycles. The topological polar surface area (TPSA) is 26.0 Å². The second kappa shape index (κ2) is 6.06. The monoisotopic (exact) mass is 353 g/mol. The molecule has 2 heterocycles. The van der Waals surface area contributed by atoms with Crippen LogP contribution in [0.25, 0.3) is 44.3 Å². The zero-order chi connectivity index (χ0) is 18.4. The third kappa shape index (κ3) is 2.68. The van der Waals surface area contributed by atoms with Gasteiger partial charge in [-0.05, 0) is 53.9 Å². The van der Waals surface area contributed by atoms with E-state index in [9.17, 15) is 4.39 Å². The lowest BCUT2D eigenvalue weighted by Gasteiger charge is -2.07. The van der Waals surface area contributed by atoms with Gasteiger partial charge in [-0.2, -0.15) is 0 Å². The lowest BCUT2D eigenvalue weighted by atomic mass is 9.98. The Balaban J connectivity index is 1.70. The van der Waals surface area contributed by atoms with E-state index in [4.69, 9.17) is 4.42 Å². The van der Waals surface area contributed by atoms with Crippen molar-refractivity contribution in [2.24, 2.45) is 0 Å². The fraction of sp³-hybridized carbons (Fsp3) is 0.0417. The molecular formula is C24H16FNO. The van der Waals surface area contributed by atoms with Crippen LogP contribution in [0.15, 0.2) is 83.3 Å². The number of hydrogen-bond acceptors (Lipinski definition) is 2. The molecule has 0 aliphatic rings. The molecule has 2 nitrogen and oxygen atoms in total. The Morgan fingerprint density at radius 2 is 1.52 bits per heavy atom. The Kier molecular flexibility index (Phi) is 3.54. The van der Waals surface area contributed by atoms with Gasteiger partial charge in [-0.3, -0.25) is 0 Å². The summed E-state index contributed by atoms with van der Waals surface area (Å²) in [5.41, 5.74) is 6.52. The number of nitrogens with zero attached hydrogens (tertiary/aromatic N) is 1. The zero-order valence-corrected chi connectivity index (χ0v) is 14.7. The number of halogens is 1. The third-order valence-corrected chi connectivity index (χ3v) is 4.85. The normalized spacial score (nSPS) is 11.3. The first-order chi connectivity index (χ1) is 13.2. The number of aryl methyl sites for hydroxylation is 1. The van der Waals surface area contributed by atoms with E-state index in [1.54, 1.807) is 12.1 Å². The van der Waals surface area contributed by atoms with Crippen molar-refractivity contribution in [2.45, 2.75) is 6.92 Å². The van der Waals surface area contributed by atoms with Crippen LogP contribution in [-0.4, -0.2) is 4.98 Å². The number of furan rings is 1. The Bertz CT molecular complexity index is 1290. The van der Waals surface area contributed by atoms with Gasteiger partial charge in [-0.15, -0.1) is 0 Å². The highest BCUT2D eigenvalue weighted by Crippen LogP contribution is 2.36. The highest BCUT2D eigenvalue weighted by atomic mass is 19.1. The van der Waals surface area contributed by atoms with Crippen LogP contribution in [0.3, 0.4) is 0 Å². The van der Waals surface area contributed by atoms with Crippen molar-refractivity contribution in [3.8, 4) is 22.3 Å². The van der Waals surface area contributed by atoms with Crippen LogP contribution in [0.1, 0.15) is 5.69 Å². The number of pyridine rings is 1. The maximum atomic E-state index is 13.2. The summed E-state index contributed by atoms with van der Waals surface area (Å²) in [6.45, 7) is 1.96. The van der Waals surface area contributed by atoms with Crippen LogP contribution in [0.5, 0.6) is 0 Å². The number of hydrogen-bond donors (Lipinski definition) is 0. The standard InChI is InChI=1S/C24H16FNO/c1-15-8-13-22-21-7-3-6-20(23(21)27-24(22)26-15)18-5-2-4-17(14-18)16-9-11-19(25)12-10-16/h2-14H,1H3. The van der Waals surface area contributed by atoms with Gasteiger partial charge in [0.25, 0.3) is 0 Å². The van der Waals surface area contributed by atoms with E-state index in [-0.39, 0.29) is 5.82 Å². The molecule has 0 atom stereocenters. The summed E-state index contributed by atoms with van der Waals surface area (Å²) in [5.74, 6) is -0.232. The van der Waals surface area contributed by atoms with Crippen molar-refractivity contribution in [3.05, 3.63) is 90.4 Å². The van der Waals surface area contributed by atoms with Crippen molar-refractivity contribution in [2.75, 3.05) is 0 Å². The Morgan fingerprint density at radius 1 is 0.741 bits per heavy atom. The van der Waals surface area contributed by atoms with Gasteiger partial charge in [0.05, 0.1) is 0 Å². The largest absolute Gasteiger partial charge is 0.437 e. The molecule has 27 heavy (non-hydrogen) atoms. The van der Waals surface area contributed by atoms with Crippen LogP contribution >= 0.6 is 0 Å². The van der Waals surface area contributed by atoms with Gasteiger partial charge >= 0.3 is 0 Å². The summed E-state index contributed by atoms with van der Waals surface area (Å²) >= 11 is 0. The highest BCUT2D eigenvalue weighted by Gasteiger charge is 2.13. The van der Waals surface area contributed by atoms with E-state index in [1.807, 2.05) is 31.2 Å². The van der Waals surface area contributed by atoms with Crippen LogP contribution in [0, 0.1) is 12.7 Å². The first-order valence-electron chi connectivity index (χ1n) is 8.84. The number of rotatable bonds is 2. The predicted molar refractivity (Wildman–Crippen MR) is 107 cm³/mol. The molecule has 0 saturated heterocycles. The Labute approximate surface area is 155 Å². The molecule has 0 bridgehead atoms. The first kappa shape index (κ1) is 15.8. The average Bonchev–Trinajstić information content (AvgIpc) is 3.06. The smallest absolute Gasteiger partial charge is 0.227 e. The van der Waals surface area contributed by atoms with Gasteiger partial charge in [0.15, 0.2) is 0 Å². The summed E-state index contributed by atoms with van der Waals surface area (Å²) in [5, 5.41) is 2.08.